The van der Waals surface area contributed by atoms with Crippen LogP contribution in [0, 0.1) is 6.92 Å². The highest BCUT2D eigenvalue weighted by molar-refractivity contribution is 6.30. The molecule has 0 saturated heterocycles. The zero-order chi connectivity index (χ0) is 20.2. The molecule has 0 bridgehead atoms. The van der Waals surface area contributed by atoms with Gasteiger partial charge in [-0.3, -0.25) is 0 Å². The lowest BCUT2D eigenvalue weighted by molar-refractivity contribution is -0.0191. The minimum absolute atomic E-state index is 0.0548. The molecule has 150 valence electrons. The number of halogens is 1. The molecule has 6 heteroatoms. The van der Waals surface area contributed by atoms with E-state index >= 15 is 0 Å². The first-order valence-electron chi connectivity index (χ1n) is 9.94. The summed E-state index contributed by atoms with van der Waals surface area (Å²) in [6.45, 7) is 2.33. The summed E-state index contributed by atoms with van der Waals surface area (Å²) in [5.74, 6) is 2.32. The van der Waals surface area contributed by atoms with E-state index in [1.165, 1.54) is 5.56 Å². The van der Waals surface area contributed by atoms with E-state index in [4.69, 9.17) is 30.9 Å². The molecule has 0 aromatic heterocycles. The van der Waals surface area contributed by atoms with Crippen molar-refractivity contribution in [1.82, 2.24) is 5.01 Å². The number of rotatable bonds is 2. The maximum Gasteiger partial charge on any atom is 0.231 e. The van der Waals surface area contributed by atoms with Gasteiger partial charge < -0.3 is 14.2 Å². The Bertz CT molecular complexity index is 1180. The molecule has 0 radical (unpaired) electrons. The summed E-state index contributed by atoms with van der Waals surface area (Å²) in [6, 6.07) is 20.2. The van der Waals surface area contributed by atoms with Gasteiger partial charge in [-0.05, 0) is 48.9 Å². The molecule has 0 fully saturated rings. The fraction of sp³-hybridized carbons (Fsp3) is 0.208. The monoisotopic (exact) mass is 418 g/mol. The Morgan fingerprint density at radius 2 is 1.73 bits per heavy atom. The van der Waals surface area contributed by atoms with E-state index in [2.05, 4.69) is 31.2 Å². The first kappa shape index (κ1) is 17.7. The lowest BCUT2D eigenvalue weighted by atomic mass is 9.95. The molecular formula is C24H19ClN2O3. The summed E-state index contributed by atoms with van der Waals surface area (Å²) in [6.07, 6.45) is 0.432. The predicted octanol–water partition coefficient (Wildman–Crippen LogP) is 5.62. The number of fused-ring (bicyclic) bond motifs is 4. The van der Waals surface area contributed by atoms with E-state index < -0.39 is 0 Å². The zero-order valence-electron chi connectivity index (χ0n) is 16.3. The van der Waals surface area contributed by atoms with Gasteiger partial charge in [0.2, 0.25) is 13.0 Å². The van der Waals surface area contributed by atoms with Crippen molar-refractivity contribution < 1.29 is 14.2 Å². The number of hydrogen-bond donors (Lipinski definition) is 0. The van der Waals surface area contributed by atoms with Crippen molar-refractivity contribution in [3.05, 3.63) is 87.9 Å². The van der Waals surface area contributed by atoms with Crippen molar-refractivity contribution >= 4 is 17.3 Å². The van der Waals surface area contributed by atoms with Gasteiger partial charge in [-0.15, -0.1) is 0 Å². The van der Waals surface area contributed by atoms with Gasteiger partial charge in [0, 0.05) is 22.6 Å². The summed E-state index contributed by atoms with van der Waals surface area (Å²) in [5.41, 5.74) is 5.43. The Morgan fingerprint density at radius 3 is 2.60 bits per heavy atom. The normalized spacial score (nSPS) is 21.0. The predicted molar refractivity (Wildman–Crippen MR) is 114 cm³/mol. The Kier molecular flexibility index (Phi) is 3.93. The van der Waals surface area contributed by atoms with Gasteiger partial charge in [0.15, 0.2) is 11.5 Å². The minimum atomic E-state index is -0.360. The maximum absolute atomic E-state index is 6.41. The molecule has 2 atom stereocenters. The first-order valence-corrected chi connectivity index (χ1v) is 10.3. The third kappa shape index (κ3) is 2.81. The SMILES string of the molecule is Cc1ccc(C2=NN3[C@@H](C2)c2cc(Cl)ccc2O[C@H]3c2ccc3c(c2)OCO3)cc1. The number of aryl methyl sites for hydroxylation is 1. The van der Waals surface area contributed by atoms with Crippen LogP contribution in [0.2, 0.25) is 5.02 Å². The number of hydrogen-bond acceptors (Lipinski definition) is 5. The number of benzene rings is 3. The maximum atomic E-state index is 6.41. The Labute approximate surface area is 179 Å². The van der Waals surface area contributed by atoms with Crippen LogP contribution in [0.5, 0.6) is 17.2 Å². The van der Waals surface area contributed by atoms with E-state index in [0.29, 0.717) is 5.02 Å². The van der Waals surface area contributed by atoms with Crippen LogP contribution >= 0.6 is 11.6 Å². The van der Waals surface area contributed by atoms with Crippen molar-refractivity contribution in [2.45, 2.75) is 25.6 Å². The van der Waals surface area contributed by atoms with Crippen LogP contribution in [0.25, 0.3) is 0 Å². The van der Waals surface area contributed by atoms with Crippen molar-refractivity contribution in [1.29, 1.82) is 0 Å². The lowest BCUT2D eigenvalue weighted by Crippen LogP contribution is -2.33. The highest BCUT2D eigenvalue weighted by Gasteiger charge is 2.41. The third-order valence-corrected chi connectivity index (χ3v) is 6.05. The highest BCUT2D eigenvalue weighted by Crippen LogP contribution is 2.49. The molecule has 0 spiro atoms. The van der Waals surface area contributed by atoms with Crippen molar-refractivity contribution in [2.24, 2.45) is 5.10 Å². The average molecular weight is 419 g/mol. The number of hydrazone groups is 1. The van der Waals surface area contributed by atoms with Gasteiger partial charge in [-0.25, -0.2) is 5.01 Å². The van der Waals surface area contributed by atoms with E-state index in [1.54, 1.807) is 0 Å². The molecule has 0 unspecified atom stereocenters. The molecule has 0 N–H and O–H groups in total. The van der Waals surface area contributed by atoms with Crippen LogP contribution in [0.15, 0.2) is 65.8 Å². The minimum Gasteiger partial charge on any atom is -0.464 e. The lowest BCUT2D eigenvalue weighted by Gasteiger charge is -2.38. The van der Waals surface area contributed by atoms with Crippen LogP contribution in [-0.2, 0) is 0 Å². The molecule has 3 aromatic rings. The van der Waals surface area contributed by atoms with E-state index in [9.17, 15) is 0 Å². The second-order valence-corrected chi connectivity index (χ2v) is 8.21. The standard InChI is InChI=1S/C24H19ClN2O3/c1-14-2-4-15(5-3-14)19-12-20-18-11-17(25)7-9-21(18)30-24(27(20)26-19)16-6-8-22-23(10-16)29-13-28-22/h2-11,20,24H,12-13H2,1H3/t20-,24-/m0/s1. The molecule has 5 nitrogen and oxygen atoms in total. The quantitative estimate of drug-likeness (QED) is 0.541. The Morgan fingerprint density at radius 1 is 0.933 bits per heavy atom. The molecule has 3 heterocycles. The fourth-order valence-electron chi connectivity index (χ4n) is 4.27. The summed E-state index contributed by atoms with van der Waals surface area (Å²) < 4.78 is 17.5. The van der Waals surface area contributed by atoms with Gasteiger partial charge in [0.25, 0.3) is 0 Å². The molecule has 6 rings (SSSR count). The number of ether oxygens (including phenoxy) is 3. The first-order chi connectivity index (χ1) is 14.7. The molecule has 3 aliphatic rings. The molecule has 3 aromatic carbocycles. The molecule has 0 saturated carbocycles. The van der Waals surface area contributed by atoms with Crippen molar-refractivity contribution in [2.75, 3.05) is 6.79 Å². The van der Waals surface area contributed by atoms with Gasteiger partial charge in [-0.1, -0.05) is 41.4 Å². The van der Waals surface area contributed by atoms with Gasteiger partial charge in [-0.2, -0.15) is 5.10 Å². The molecular weight excluding hydrogens is 400 g/mol. The summed E-state index contributed by atoms with van der Waals surface area (Å²) in [5, 5.41) is 7.74. The van der Waals surface area contributed by atoms with E-state index in [1.807, 2.05) is 41.4 Å². The van der Waals surface area contributed by atoms with E-state index in [-0.39, 0.29) is 19.1 Å². The van der Waals surface area contributed by atoms with Gasteiger partial charge in [0.05, 0.1) is 11.8 Å². The van der Waals surface area contributed by atoms with Gasteiger partial charge >= 0.3 is 0 Å². The fourth-order valence-corrected chi connectivity index (χ4v) is 4.45. The van der Waals surface area contributed by atoms with Crippen molar-refractivity contribution in [3.63, 3.8) is 0 Å². The molecule has 3 aliphatic heterocycles. The topological polar surface area (TPSA) is 43.3 Å². The highest BCUT2D eigenvalue weighted by atomic mass is 35.5. The largest absolute Gasteiger partial charge is 0.464 e. The zero-order valence-corrected chi connectivity index (χ0v) is 17.1. The summed E-state index contributed by atoms with van der Waals surface area (Å²) in [7, 11) is 0. The molecule has 0 aliphatic carbocycles. The average Bonchev–Trinajstić information content (AvgIpc) is 3.40. The third-order valence-electron chi connectivity index (χ3n) is 5.82. The van der Waals surface area contributed by atoms with E-state index in [0.717, 1.165) is 46.1 Å². The summed E-state index contributed by atoms with van der Waals surface area (Å²) >= 11 is 6.31. The Hall–Kier alpha value is -3.18. The van der Waals surface area contributed by atoms with Crippen LogP contribution in [0.3, 0.4) is 0 Å². The second kappa shape index (κ2) is 6.67. The number of nitrogens with zero attached hydrogens (tertiary/aromatic N) is 2. The van der Waals surface area contributed by atoms with Crippen LogP contribution < -0.4 is 14.2 Å². The second-order valence-electron chi connectivity index (χ2n) is 7.78. The summed E-state index contributed by atoms with van der Waals surface area (Å²) in [4.78, 5) is 0. The van der Waals surface area contributed by atoms with Crippen molar-refractivity contribution in [3.8, 4) is 17.2 Å². The van der Waals surface area contributed by atoms with Gasteiger partial charge in [0.1, 0.15) is 5.75 Å². The smallest absolute Gasteiger partial charge is 0.231 e. The van der Waals surface area contributed by atoms with Crippen LogP contribution in [-0.4, -0.2) is 17.5 Å². The molecule has 0 amide bonds. The van der Waals surface area contributed by atoms with Crippen LogP contribution in [0.1, 0.15) is 40.9 Å². The Balaban J connectivity index is 1.45. The molecule has 30 heavy (non-hydrogen) atoms. The van der Waals surface area contributed by atoms with Crippen LogP contribution in [0.4, 0.5) is 0 Å².